The molecule has 3 aromatic rings. The van der Waals surface area contributed by atoms with Crippen molar-refractivity contribution in [3.63, 3.8) is 0 Å². The Morgan fingerprint density at radius 2 is 1.81 bits per heavy atom. The zero-order chi connectivity index (χ0) is 21.8. The van der Waals surface area contributed by atoms with E-state index in [4.69, 9.17) is 9.72 Å². The molecule has 0 unspecified atom stereocenters. The number of aromatic nitrogens is 1. The Morgan fingerprint density at radius 3 is 2.58 bits per heavy atom. The number of carbonyl (C=O) groups excluding carboxylic acids is 1. The van der Waals surface area contributed by atoms with Gasteiger partial charge in [-0.3, -0.25) is 4.79 Å². The fraction of sp³-hybridized carbons (Fsp3) is 0.304. The number of hydrogen-bond acceptors (Lipinski definition) is 4. The number of alkyl halides is 3. The van der Waals surface area contributed by atoms with Crippen molar-refractivity contribution in [3.8, 4) is 5.75 Å². The first-order chi connectivity index (χ1) is 14.9. The summed E-state index contributed by atoms with van der Waals surface area (Å²) in [6, 6.07) is 13.9. The molecule has 0 bridgehead atoms. The molecular weight excluding hydrogens is 407 g/mol. The summed E-state index contributed by atoms with van der Waals surface area (Å²) in [5, 5.41) is 3.33. The van der Waals surface area contributed by atoms with Gasteiger partial charge in [-0.05, 0) is 55.7 Å². The second-order valence-corrected chi connectivity index (χ2v) is 7.46. The molecule has 0 spiro atoms. The lowest BCUT2D eigenvalue weighted by Crippen LogP contribution is -2.30. The number of hydrogen-bond donors (Lipinski definition) is 1. The number of rotatable bonds is 5. The summed E-state index contributed by atoms with van der Waals surface area (Å²) in [6.07, 6.45) is -0.988. The van der Waals surface area contributed by atoms with Gasteiger partial charge in [-0.1, -0.05) is 18.2 Å². The third-order valence-electron chi connectivity index (χ3n) is 5.18. The molecule has 1 aliphatic rings. The van der Waals surface area contributed by atoms with Crippen molar-refractivity contribution < 1.29 is 22.7 Å². The van der Waals surface area contributed by atoms with Gasteiger partial charge in [0, 0.05) is 24.2 Å². The number of nitrogens with zero attached hydrogens (tertiary/aromatic N) is 2. The Morgan fingerprint density at radius 1 is 1.03 bits per heavy atom. The van der Waals surface area contributed by atoms with E-state index in [-0.39, 0.29) is 12.3 Å². The van der Waals surface area contributed by atoms with E-state index in [0.717, 1.165) is 49.3 Å². The molecule has 0 aliphatic carbocycles. The van der Waals surface area contributed by atoms with Crippen LogP contribution in [0.1, 0.15) is 24.8 Å². The molecule has 0 atom stereocenters. The summed E-state index contributed by atoms with van der Waals surface area (Å²) in [6.45, 7) is 1.58. The largest absolute Gasteiger partial charge is 0.481 e. The highest BCUT2D eigenvalue weighted by Gasteiger charge is 2.30. The Kier molecular flexibility index (Phi) is 5.97. The van der Waals surface area contributed by atoms with E-state index in [2.05, 4.69) is 10.2 Å². The highest BCUT2D eigenvalue weighted by atomic mass is 19.4. The molecule has 1 aromatic heterocycles. The molecule has 31 heavy (non-hydrogen) atoms. The molecule has 1 saturated heterocycles. The van der Waals surface area contributed by atoms with Gasteiger partial charge in [-0.15, -0.1) is 0 Å². The highest BCUT2D eigenvalue weighted by molar-refractivity contribution is 5.92. The summed E-state index contributed by atoms with van der Waals surface area (Å²) >= 11 is 0. The monoisotopic (exact) mass is 429 g/mol. The normalized spacial score (nSPS) is 14.5. The lowest BCUT2D eigenvalue weighted by Gasteiger charge is -2.28. The van der Waals surface area contributed by atoms with E-state index in [9.17, 15) is 18.0 Å². The van der Waals surface area contributed by atoms with Gasteiger partial charge in [0.15, 0.2) is 6.61 Å². The van der Waals surface area contributed by atoms with Crippen molar-refractivity contribution in [2.45, 2.75) is 25.4 Å². The van der Waals surface area contributed by atoms with Crippen LogP contribution in [0.5, 0.6) is 5.75 Å². The van der Waals surface area contributed by atoms with Crippen LogP contribution in [0, 0.1) is 0 Å². The molecule has 0 saturated carbocycles. The molecule has 1 fully saturated rings. The van der Waals surface area contributed by atoms with E-state index >= 15 is 0 Å². The number of anilines is 2. The van der Waals surface area contributed by atoms with Gasteiger partial charge in [0.1, 0.15) is 17.1 Å². The van der Waals surface area contributed by atoms with Crippen LogP contribution in [0.2, 0.25) is 0 Å². The Labute approximate surface area is 177 Å². The van der Waals surface area contributed by atoms with E-state index in [1.165, 1.54) is 18.6 Å². The van der Waals surface area contributed by atoms with Crippen LogP contribution in [0.25, 0.3) is 10.9 Å². The fourth-order valence-corrected chi connectivity index (χ4v) is 3.64. The molecule has 2 aromatic carbocycles. The van der Waals surface area contributed by atoms with Crippen molar-refractivity contribution in [2.24, 2.45) is 0 Å². The number of amides is 1. The predicted molar refractivity (Wildman–Crippen MR) is 113 cm³/mol. The van der Waals surface area contributed by atoms with Crippen LogP contribution in [-0.2, 0) is 11.0 Å². The zero-order valence-corrected chi connectivity index (χ0v) is 16.8. The number of pyridine rings is 1. The minimum atomic E-state index is -4.47. The molecular formula is C23H22F3N3O2. The second kappa shape index (κ2) is 8.83. The SMILES string of the molecule is O=C(COc1cccc2ccc(N3CCCCC3)nc12)Nc1cccc(C(F)(F)F)c1. The maximum atomic E-state index is 12.8. The topological polar surface area (TPSA) is 54.5 Å². The maximum absolute atomic E-state index is 12.8. The molecule has 0 radical (unpaired) electrons. The number of piperidine rings is 1. The summed E-state index contributed by atoms with van der Waals surface area (Å²) in [4.78, 5) is 19.2. The number of carbonyl (C=O) groups is 1. The molecule has 1 aliphatic heterocycles. The highest BCUT2D eigenvalue weighted by Crippen LogP contribution is 2.31. The van der Waals surface area contributed by atoms with Crippen LogP contribution in [-0.4, -0.2) is 30.6 Å². The van der Waals surface area contributed by atoms with Crippen LogP contribution in [0.4, 0.5) is 24.7 Å². The number of benzene rings is 2. The number of halogens is 3. The van der Waals surface area contributed by atoms with Gasteiger partial charge in [0.05, 0.1) is 5.56 Å². The number of para-hydroxylation sites is 1. The number of nitrogens with one attached hydrogen (secondary N) is 1. The summed E-state index contributed by atoms with van der Waals surface area (Å²) in [5.41, 5.74) is -0.112. The maximum Gasteiger partial charge on any atom is 0.416 e. The smallest absolute Gasteiger partial charge is 0.416 e. The van der Waals surface area contributed by atoms with Crippen LogP contribution in [0.3, 0.4) is 0 Å². The number of ether oxygens (including phenoxy) is 1. The Hall–Kier alpha value is -3.29. The molecule has 1 N–H and O–H groups in total. The molecule has 8 heteroatoms. The van der Waals surface area contributed by atoms with Gasteiger partial charge in [-0.25, -0.2) is 4.98 Å². The molecule has 4 rings (SSSR count). The molecule has 162 valence electrons. The third kappa shape index (κ3) is 5.07. The van der Waals surface area contributed by atoms with Gasteiger partial charge >= 0.3 is 6.18 Å². The van der Waals surface area contributed by atoms with Crippen molar-refractivity contribution in [1.82, 2.24) is 4.98 Å². The molecule has 5 nitrogen and oxygen atoms in total. The summed E-state index contributed by atoms with van der Waals surface area (Å²) < 4.78 is 44.2. The summed E-state index contributed by atoms with van der Waals surface area (Å²) in [7, 11) is 0. The van der Waals surface area contributed by atoms with Crippen molar-refractivity contribution in [2.75, 3.05) is 29.9 Å². The first-order valence-corrected chi connectivity index (χ1v) is 10.1. The third-order valence-corrected chi connectivity index (χ3v) is 5.18. The van der Waals surface area contributed by atoms with Gasteiger partial charge < -0.3 is 15.0 Å². The van der Waals surface area contributed by atoms with Gasteiger partial charge in [-0.2, -0.15) is 13.2 Å². The van der Waals surface area contributed by atoms with Crippen LogP contribution >= 0.6 is 0 Å². The van der Waals surface area contributed by atoms with Crippen molar-refractivity contribution in [1.29, 1.82) is 0 Å². The van der Waals surface area contributed by atoms with E-state index in [1.807, 2.05) is 24.3 Å². The molecule has 1 amide bonds. The summed E-state index contributed by atoms with van der Waals surface area (Å²) in [5.74, 6) is 0.774. The quantitative estimate of drug-likeness (QED) is 0.601. The van der Waals surface area contributed by atoms with Crippen molar-refractivity contribution >= 4 is 28.3 Å². The molecule has 2 heterocycles. The van der Waals surface area contributed by atoms with Crippen LogP contribution in [0.15, 0.2) is 54.6 Å². The number of fused-ring (bicyclic) bond motifs is 1. The van der Waals surface area contributed by atoms with E-state index in [0.29, 0.717) is 11.3 Å². The lowest BCUT2D eigenvalue weighted by atomic mass is 10.1. The van der Waals surface area contributed by atoms with Crippen molar-refractivity contribution in [3.05, 3.63) is 60.2 Å². The average molecular weight is 429 g/mol. The standard InChI is InChI=1S/C23H22F3N3O2/c24-23(25,26)17-7-5-8-18(14-17)27-21(30)15-31-19-9-4-6-16-10-11-20(28-22(16)19)29-12-2-1-3-13-29/h4-11,14H,1-3,12-13,15H2,(H,27,30). The average Bonchev–Trinajstić information content (AvgIpc) is 2.77. The Balaban J connectivity index is 1.46. The van der Waals surface area contributed by atoms with Crippen LogP contribution < -0.4 is 15.0 Å². The lowest BCUT2D eigenvalue weighted by molar-refractivity contribution is -0.137. The second-order valence-electron chi connectivity index (χ2n) is 7.46. The van der Waals surface area contributed by atoms with E-state index in [1.54, 1.807) is 6.07 Å². The minimum Gasteiger partial charge on any atom is -0.481 e. The zero-order valence-electron chi connectivity index (χ0n) is 16.8. The first-order valence-electron chi connectivity index (χ1n) is 10.1. The van der Waals surface area contributed by atoms with E-state index < -0.39 is 17.6 Å². The first kappa shape index (κ1) is 21.0. The predicted octanol–water partition coefficient (Wildman–Crippen LogP) is 5.26. The fourth-order valence-electron chi connectivity index (χ4n) is 3.64. The minimum absolute atomic E-state index is 0.0619. The Bertz CT molecular complexity index is 1080. The van der Waals surface area contributed by atoms with Gasteiger partial charge in [0.2, 0.25) is 0 Å². The van der Waals surface area contributed by atoms with Gasteiger partial charge in [0.25, 0.3) is 5.91 Å².